The highest BCUT2D eigenvalue weighted by Gasteiger charge is 2.10. The van der Waals surface area contributed by atoms with E-state index in [-0.39, 0.29) is 18.3 Å². The number of hydrogen-bond donors (Lipinski definition) is 1. The third-order valence-corrected chi connectivity index (χ3v) is 3.98. The number of rotatable bonds is 7. The van der Waals surface area contributed by atoms with Crippen molar-refractivity contribution in [2.45, 2.75) is 6.42 Å². The molecule has 0 spiro atoms. The van der Waals surface area contributed by atoms with Gasteiger partial charge in [-0.1, -0.05) is 12.1 Å². The van der Waals surface area contributed by atoms with Crippen molar-refractivity contribution in [2.75, 3.05) is 20.3 Å². The van der Waals surface area contributed by atoms with E-state index in [2.05, 4.69) is 26.0 Å². The van der Waals surface area contributed by atoms with Crippen LogP contribution in [0.3, 0.4) is 0 Å². The fourth-order valence-corrected chi connectivity index (χ4v) is 2.55. The molecule has 0 radical (unpaired) electrons. The van der Waals surface area contributed by atoms with Crippen LogP contribution in [0, 0.1) is 5.82 Å². The molecule has 0 atom stereocenters. The molecule has 0 aliphatic heterocycles. The largest absolute Gasteiger partial charge is 0.483 e. The first-order chi connectivity index (χ1) is 12.0. The molecule has 25 heavy (non-hydrogen) atoms. The molecule has 0 saturated carbocycles. The van der Waals surface area contributed by atoms with E-state index in [4.69, 9.17) is 4.74 Å². The number of nitrogens with one attached hydrogen (secondary N) is 1. The van der Waals surface area contributed by atoms with E-state index in [1.165, 1.54) is 19.2 Å². The van der Waals surface area contributed by atoms with Gasteiger partial charge in [0.1, 0.15) is 11.6 Å². The lowest BCUT2D eigenvalue weighted by molar-refractivity contribution is -0.123. The van der Waals surface area contributed by atoms with E-state index in [0.717, 1.165) is 5.56 Å². The van der Waals surface area contributed by atoms with Crippen LogP contribution in [0.2, 0.25) is 0 Å². The zero-order chi connectivity index (χ0) is 18.2. The Bertz CT molecular complexity index is 749. The molecular formula is C18H17BrFNO4. The molecule has 7 heteroatoms. The van der Waals surface area contributed by atoms with E-state index in [1.807, 2.05) is 0 Å². The molecule has 2 aromatic rings. The van der Waals surface area contributed by atoms with Gasteiger partial charge in [-0.05, 0) is 58.2 Å². The van der Waals surface area contributed by atoms with Crippen LogP contribution in [0.1, 0.15) is 15.9 Å². The number of halogens is 2. The third-order valence-electron chi connectivity index (χ3n) is 3.36. The molecule has 0 aromatic heterocycles. The molecule has 5 nitrogen and oxygen atoms in total. The first kappa shape index (κ1) is 18.9. The normalized spacial score (nSPS) is 10.2. The Morgan fingerprint density at radius 1 is 1.16 bits per heavy atom. The lowest BCUT2D eigenvalue weighted by atomic mass is 10.1. The van der Waals surface area contributed by atoms with Gasteiger partial charge in [0.2, 0.25) is 0 Å². The minimum absolute atomic E-state index is 0.153. The summed E-state index contributed by atoms with van der Waals surface area (Å²) in [5.74, 6) is -0.567. The summed E-state index contributed by atoms with van der Waals surface area (Å²) in [6.07, 6.45) is 0.601. The monoisotopic (exact) mass is 409 g/mol. The lowest BCUT2D eigenvalue weighted by Gasteiger charge is -2.10. The SMILES string of the molecule is COC(=O)c1ccc(OCC(=O)NCCc2ccc(F)cc2)c(Br)c1. The van der Waals surface area contributed by atoms with Gasteiger partial charge in [0.15, 0.2) is 6.61 Å². The fraction of sp³-hybridized carbons (Fsp3) is 0.222. The minimum atomic E-state index is -0.453. The van der Waals surface area contributed by atoms with Crippen LogP contribution in [0.4, 0.5) is 4.39 Å². The molecule has 132 valence electrons. The van der Waals surface area contributed by atoms with Crippen molar-refractivity contribution in [1.29, 1.82) is 0 Å². The third kappa shape index (κ3) is 5.86. The van der Waals surface area contributed by atoms with Crippen molar-refractivity contribution >= 4 is 27.8 Å². The van der Waals surface area contributed by atoms with Crippen molar-refractivity contribution in [2.24, 2.45) is 0 Å². The van der Waals surface area contributed by atoms with Crippen molar-refractivity contribution in [1.82, 2.24) is 5.32 Å². The number of carbonyl (C=O) groups excluding carboxylic acids is 2. The highest BCUT2D eigenvalue weighted by atomic mass is 79.9. The van der Waals surface area contributed by atoms with Crippen LogP contribution in [0.25, 0.3) is 0 Å². The molecule has 0 unspecified atom stereocenters. The maximum atomic E-state index is 12.8. The predicted octanol–water partition coefficient (Wildman–Crippen LogP) is 3.11. The molecule has 0 aliphatic rings. The minimum Gasteiger partial charge on any atom is -0.483 e. The van der Waals surface area contributed by atoms with Crippen LogP contribution in [0.15, 0.2) is 46.9 Å². The number of amides is 1. The van der Waals surface area contributed by atoms with E-state index in [1.54, 1.807) is 30.3 Å². The van der Waals surface area contributed by atoms with E-state index >= 15 is 0 Å². The molecule has 0 bridgehead atoms. The van der Waals surface area contributed by atoms with Crippen LogP contribution < -0.4 is 10.1 Å². The first-order valence-electron chi connectivity index (χ1n) is 7.51. The van der Waals surface area contributed by atoms with Gasteiger partial charge in [-0.3, -0.25) is 4.79 Å². The maximum absolute atomic E-state index is 12.8. The maximum Gasteiger partial charge on any atom is 0.337 e. The van der Waals surface area contributed by atoms with Gasteiger partial charge >= 0.3 is 5.97 Å². The molecular weight excluding hydrogens is 393 g/mol. The van der Waals surface area contributed by atoms with Crippen molar-refractivity contribution in [3.05, 3.63) is 63.9 Å². The van der Waals surface area contributed by atoms with Gasteiger partial charge < -0.3 is 14.8 Å². The summed E-state index contributed by atoms with van der Waals surface area (Å²) in [5.41, 5.74) is 1.31. The molecule has 0 aliphatic carbocycles. The Labute approximate surface area is 153 Å². The smallest absolute Gasteiger partial charge is 0.337 e. The molecule has 2 rings (SSSR count). The zero-order valence-corrected chi connectivity index (χ0v) is 15.1. The van der Waals surface area contributed by atoms with Gasteiger partial charge in [-0.2, -0.15) is 0 Å². The van der Waals surface area contributed by atoms with Crippen LogP contribution in [0.5, 0.6) is 5.75 Å². The van der Waals surface area contributed by atoms with Gasteiger partial charge in [0.05, 0.1) is 17.1 Å². The number of benzene rings is 2. The van der Waals surface area contributed by atoms with Crippen molar-refractivity contribution in [3.63, 3.8) is 0 Å². The Hall–Kier alpha value is -2.41. The highest BCUT2D eigenvalue weighted by Crippen LogP contribution is 2.26. The second-order valence-electron chi connectivity index (χ2n) is 5.15. The van der Waals surface area contributed by atoms with Crippen LogP contribution in [-0.2, 0) is 16.0 Å². The highest BCUT2D eigenvalue weighted by molar-refractivity contribution is 9.10. The summed E-state index contributed by atoms with van der Waals surface area (Å²) in [7, 11) is 1.30. The molecule has 0 saturated heterocycles. The van der Waals surface area contributed by atoms with Gasteiger partial charge in [0.25, 0.3) is 5.91 Å². The average Bonchev–Trinajstić information content (AvgIpc) is 2.61. The second-order valence-corrected chi connectivity index (χ2v) is 6.01. The summed E-state index contributed by atoms with van der Waals surface area (Å²) >= 11 is 3.29. The number of ether oxygens (including phenoxy) is 2. The molecule has 0 heterocycles. The lowest BCUT2D eigenvalue weighted by Crippen LogP contribution is -2.30. The topological polar surface area (TPSA) is 64.6 Å². The average molecular weight is 410 g/mol. The summed E-state index contributed by atoms with van der Waals surface area (Å²) < 4.78 is 23.4. The fourth-order valence-electron chi connectivity index (χ4n) is 2.05. The molecule has 1 N–H and O–H groups in total. The Morgan fingerprint density at radius 3 is 2.52 bits per heavy atom. The number of methoxy groups -OCH3 is 1. The van der Waals surface area contributed by atoms with Gasteiger partial charge in [-0.25, -0.2) is 9.18 Å². The summed E-state index contributed by atoms with van der Waals surface area (Å²) in [6, 6.07) is 10.8. The predicted molar refractivity (Wildman–Crippen MR) is 94.1 cm³/mol. The molecule has 2 aromatic carbocycles. The number of hydrogen-bond acceptors (Lipinski definition) is 4. The Kier molecular flexibility index (Phi) is 6.94. The Morgan fingerprint density at radius 2 is 1.88 bits per heavy atom. The van der Waals surface area contributed by atoms with E-state index < -0.39 is 5.97 Å². The first-order valence-corrected chi connectivity index (χ1v) is 8.30. The number of carbonyl (C=O) groups is 2. The van der Waals surface area contributed by atoms with Gasteiger partial charge in [0, 0.05) is 6.54 Å². The van der Waals surface area contributed by atoms with Crippen LogP contribution in [-0.4, -0.2) is 32.1 Å². The van der Waals surface area contributed by atoms with Crippen molar-refractivity contribution < 1.29 is 23.5 Å². The second kappa shape index (κ2) is 9.17. The van der Waals surface area contributed by atoms with E-state index in [0.29, 0.717) is 28.8 Å². The van der Waals surface area contributed by atoms with Crippen molar-refractivity contribution in [3.8, 4) is 5.75 Å². The Balaban J connectivity index is 1.77. The van der Waals surface area contributed by atoms with Gasteiger partial charge in [-0.15, -0.1) is 0 Å². The summed E-state index contributed by atoms with van der Waals surface area (Å²) in [5, 5.41) is 2.73. The molecule has 1 amide bonds. The van der Waals surface area contributed by atoms with Crippen LogP contribution >= 0.6 is 15.9 Å². The summed E-state index contributed by atoms with van der Waals surface area (Å²) in [6.45, 7) is 0.274. The molecule has 0 fully saturated rings. The zero-order valence-electron chi connectivity index (χ0n) is 13.6. The summed E-state index contributed by atoms with van der Waals surface area (Å²) in [4.78, 5) is 23.2. The standard InChI is InChI=1S/C18H17BrFNO4/c1-24-18(23)13-4-7-16(15(19)10-13)25-11-17(22)21-9-8-12-2-5-14(20)6-3-12/h2-7,10H,8-9,11H2,1H3,(H,21,22). The van der Waals surface area contributed by atoms with E-state index in [9.17, 15) is 14.0 Å². The number of esters is 1. The quantitative estimate of drug-likeness (QED) is 0.713.